The molecule has 1 aliphatic heterocycles. The van der Waals surface area contributed by atoms with Gasteiger partial charge in [-0.3, -0.25) is 9.59 Å². The van der Waals surface area contributed by atoms with Gasteiger partial charge in [0, 0.05) is 32.7 Å². The molecule has 29 heavy (non-hydrogen) atoms. The van der Waals surface area contributed by atoms with Crippen LogP contribution in [0.4, 0.5) is 0 Å². The fraction of sp³-hybridized carbons (Fsp3) is 0.350. The lowest BCUT2D eigenvalue weighted by molar-refractivity contribution is -0.128. The van der Waals surface area contributed by atoms with Crippen molar-refractivity contribution in [2.45, 2.75) is 20.3 Å². The average Bonchev–Trinajstić information content (AvgIpc) is 3.28. The zero-order valence-electron chi connectivity index (χ0n) is 16.1. The van der Waals surface area contributed by atoms with Crippen LogP contribution in [0.1, 0.15) is 28.1 Å². The predicted octanol–water partition coefficient (Wildman–Crippen LogP) is 4.08. The van der Waals surface area contributed by atoms with Crippen LogP contribution in [-0.4, -0.2) is 47.1 Å². The molecule has 0 bridgehead atoms. The summed E-state index contributed by atoms with van der Waals surface area (Å²) in [5.74, 6) is 0.164. The van der Waals surface area contributed by atoms with E-state index < -0.39 is 0 Å². The highest BCUT2D eigenvalue weighted by molar-refractivity contribution is 9.10. The first-order chi connectivity index (χ1) is 14.0. The number of nitrogens with one attached hydrogen (secondary N) is 1. The predicted molar refractivity (Wildman–Crippen MR) is 122 cm³/mol. The minimum absolute atomic E-state index is 0.149. The smallest absolute Gasteiger partial charge is 0.260 e. The van der Waals surface area contributed by atoms with E-state index in [1.54, 1.807) is 11.0 Å². The molecular formula is C20H20BrN3O3S2. The average molecular weight is 494 g/mol. The third-order valence-corrected chi connectivity index (χ3v) is 7.56. The SMILES string of the molecule is CCc1c(C)sc2nc(C(=Cc3cc(Br)cs3)C(=O)N3CCOCC3)[nH]c(=O)c12. The van der Waals surface area contributed by atoms with Crippen molar-refractivity contribution in [2.24, 2.45) is 0 Å². The normalized spacial score (nSPS) is 15.3. The Kier molecular flexibility index (Phi) is 6.00. The van der Waals surface area contributed by atoms with Gasteiger partial charge >= 0.3 is 0 Å². The number of amides is 1. The van der Waals surface area contributed by atoms with Crippen molar-refractivity contribution in [3.63, 3.8) is 0 Å². The van der Waals surface area contributed by atoms with Crippen LogP contribution >= 0.6 is 38.6 Å². The second kappa shape index (κ2) is 8.51. The third-order valence-electron chi connectivity index (χ3n) is 4.87. The molecule has 1 fully saturated rings. The summed E-state index contributed by atoms with van der Waals surface area (Å²) in [6, 6.07) is 1.94. The number of aromatic nitrogens is 2. The standard InChI is InChI=1S/C20H20BrN3O3S2/c1-3-14-11(2)29-19-16(14)18(25)22-17(23-19)15(9-13-8-12(21)10-28-13)20(26)24-4-6-27-7-5-24/h8-10H,3-7H2,1-2H3,(H,22,23,25). The van der Waals surface area contributed by atoms with E-state index in [1.165, 1.54) is 22.7 Å². The summed E-state index contributed by atoms with van der Waals surface area (Å²) in [4.78, 5) is 38.2. The van der Waals surface area contributed by atoms with Crippen LogP contribution in [0.15, 0.2) is 20.7 Å². The van der Waals surface area contributed by atoms with Gasteiger partial charge in [0.25, 0.3) is 11.5 Å². The highest BCUT2D eigenvalue weighted by Gasteiger charge is 2.25. The van der Waals surface area contributed by atoms with Crippen molar-refractivity contribution in [1.29, 1.82) is 0 Å². The molecule has 1 saturated heterocycles. The quantitative estimate of drug-likeness (QED) is 0.555. The maximum Gasteiger partial charge on any atom is 0.260 e. The molecule has 0 spiro atoms. The van der Waals surface area contributed by atoms with E-state index in [0.29, 0.717) is 47.9 Å². The van der Waals surface area contributed by atoms with Crippen molar-refractivity contribution in [2.75, 3.05) is 26.3 Å². The Balaban J connectivity index is 1.85. The van der Waals surface area contributed by atoms with Gasteiger partial charge in [0.1, 0.15) is 10.7 Å². The molecule has 6 nitrogen and oxygen atoms in total. The molecule has 0 unspecified atom stereocenters. The van der Waals surface area contributed by atoms with Gasteiger partial charge in [-0.1, -0.05) is 6.92 Å². The van der Waals surface area contributed by atoms with E-state index in [2.05, 4.69) is 20.9 Å². The van der Waals surface area contributed by atoms with E-state index in [1.807, 2.05) is 25.3 Å². The lowest BCUT2D eigenvalue weighted by atomic mass is 10.1. The van der Waals surface area contributed by atoms with Gasteiger partial charge in [-0.25, -0.2) is 4.98 Å². The highest BCUT2D eigenvalue weighted by atomic mass is 79.9. The molecule has 0 aliphatic carbocycles. The monoisotopic (exact) mass is 493 g/mol. The molecule has 9 heteroatoms. The van der Waals surface area contributed by atoms with Crippen molar-refractivity contribution >= 4 is 66.4 Å². The first kappa shape index (κ1) is 20.5. The summed E-state index contributed by atoms with van der Waals surface area (Å²) in [6.45, 7) is 6.10. The number of ether oxygens (including phenoxy) is 1. The molecule has 0 atom stereocenters. The highest BCUT2D eigenvalue weighted by Crippen LogP contribution is 2.30. The second-order valence-electron chi connectivity index (χ2n) is 6.71. The molecule has 152 valence electrons. The molecule has 3 aromatic heterocycles. The number of aryl methyl sites for hydroxylation is 2. The Hall–Kier alpha value is -1.81. The van der Waals surface area contributed by atoms with Crippen LogP contribution in [-0.2, 0) is 16.0 Å². The number of hydrogen-bond donors (Lipinski definition) is 1. The number of thiophene rings is 2. The topological polar surface area (TPSA) is 75.3 Å². The van der Waals surface area contributed by atoms with E-state index in [0.717, 1.165) is 26.2 Å². The number of H-pyrrole nitrogens is 1. The lowest BCUT2D eigenvalue weighted by Crippen LogP contribution is -2.41. The Morgan fingerprint density at radius 2 is 2.17 bits per heavy atom. The van der Waals surface area contributed by atoms with Crippen LogP contribution in [0.25, 0.3) is 21.9 Å². The lowest BCUT2D eigenvalue weighted by Gasteiger charge is -2.27. The number of fused-ring (bicyclic) bond motifs is 1. The van der Waals surface area contributed by atoms with Gasteiger partial charge in [-0.05, 0) is 47.0 Å². The summed E-state index contributed by atoms with van der Waals surface area (Å²) < 4.78 is 6.32. The molecule has 0 saturated carbocycles. The minimum Gasteiger partial charge on any atom is -0.378 e. The Morgan fingerprint density at radius 3 is 2.83 bits per heavy atom. The number of carbonyl (C=O) groups is 1. The Morgan fingerprint density at radius 1 is 1.41 bits per heavy atom. The number of rotatable bonds is 4. The fourth-order valence-electron chi connectivity index (χ4n) is 3.44. The van der Waals surface area contributed by atoms with Gasteiger partial charge in [0.15, 0.2) is 0 Å². The Bertz CT molecular complexity index is 1160. The van der Waals surface area contributed by atoms with Gasteiger partial charge in [0.2, 0.25) is 0 Å². The Labute approximate surface area is 184 Å². The van der Waals surface area contributed by atoms with Gasteiger partial charge < -0.3 is 14.6 Å². The summed E-state index contributed by atoms with van der Waals surface area (Å²) in [6.07, 6.45) is 2.58. The molecule has 1 N–H and O–H groups in total. The minimum atomic E-state index is -0.195. The molecule has 1 amide bonds. The van der Waals surface area contributed by atoms with Crippen LogP contribution < -0.4 is 5.56 Å². The van der Waals surface area contributed by atoms with Crippen LogP contribution in [0, 0.1) is 6.92 Å². The third kappa shape index (κ3) is 4.09. The maximum absolute atomic E-state index is 13.3. The van der Waals surface area contributed by atoms with E-state index in [9.17, 15) is 9.59 Å². The summed E-state index contributed by atoms with van der Waals surface area (Å²) in [5, 5.41) is 2.59. The molecule has 4 heterocycles. The van der Waals surface area contributed by atoms with E-state index in [4.69, 9.17) is 9.72 Å². The van der Waals surface area contributed by atoms with Crippen LogP contribution in [0.2, 0.25) is 0 Å². The number of aromatic amines is 1. The fourth-order valence-corrected chi connectivity index (χ4v) is 5.93. The first-order valence-electron chi connectivity index (χ1n) is 9.33. The molecule has 4 rings (SSSR count). The zero-order chi connectivity index (χ0) is 20.5. The molecule has 3 aromatic rings. The number of nitrogens with zero attached hydrogens (tertiary/aromatic N) is 2. The zero-order valence-corrected chi connectivity index (χ0v) is 19.3. The molecule has 0 aromatic carbocycles. The van der Waals surface area contributed by atoms with Crippen LogP contribution in [0.3, 0.4) is 0 Å². The van der Waals surface area contributed by atoms with Gasteiger partial charge in [0.05, 0.1) is 24.2 Å². The molecule has 1 aliphatic rings. The molecular weight excluding hydrogens is 474 g/mol. The van der Waals surface area contributed by atoms with E-state index >= 15 is 0 Å². The van der Waals surface area contributed by atoms with Crippen LogP contribution in [0.5, 0.6) is 0 Å². The largest absolute Gasteiger partial charge is 0.378 e. The number of halogens is 1. The summed E-state index contributed by atoms with van der Waals surface area (Å²) >= 11 is 6.47. The van der Waals surface area contributed by atoms with E-state index in [-0.39, 0.29) is 11.5 Å². The maximum atomic E-state index is 13.3. The van der Waals surface area contributed by atoms with Gasteiger partial charge in [-0.2, -0.15) is 0 Å². The number of carbonyl (C=O) groups excluding carboxylic acids is 1. The molecule has 0 radical (unpaired) electrons. The number of hydrogen-bond acceptors (Lipinski definition) is 6. The summed E-state index contributed by atoms with van der Waals surface area (Å²) in [5.41, 5.74) is 1.22. The van der Waals surface area contributed by atoms with Crippen molar-refractivity contribution in [1.82, 2.24) is 14.9 Å². The van der Waals surface area contributed by atoms with Crippen molar-refractivity contribution < 1.29 is 9.53 Å². The van der Waals surface area contributed by atoms with Crippen molar-refractivity contribution in [3.05, 3.63) is 47.4 Å². The van der Waals surface area contributed by atoms with Gasteiger partial charge in [-0.15, -0.1) is 22.7 Å². The van der Waals surface area contributed by atoms with Crippen molar-refractivity contribution in [3.8, 4) is 0 Å². The summed E-state index contributed by atoms with van der Waals surface area (Å²) in [7, 11) is 0. The number of morpholine rings is 1. The first-order valence-corrected chi connectivity index (χ1v) is 11.8. The second-order valence-corrected chi connectivity index (χ2v) is 9.78.